The minimum Gasteiger partial charge on any atom is -0.305 e. The van der Waals surface area contributed by atoms with Crippen LogP contribution < -0.4 is 4.90 Å². The molecule has 0 spiro atoms. The molecule has 28 heavy (non-hydrogen) atoms. The Morgan fingerprint density at radius 1 is 1.00 bits per heavy atom. The number of likely N-dealkylation sites (tertiary alicyclic amines) is 1. The van der Waals surface area contributed by atoms with E-state index in [9.17, 15) is 4.79 Å². The number of piperidine rings is 1. The molecule has 0 atom stereocenters. The molecule has 3 nitrogen and oxygen atoms in total. The van der Waals surface area contributed by atoms with Crippen molar-refractivity contribution >= 4 is 34.5 Å². The molecular weight excluding hydrogens is 388 g/mol. The molecule has 0 saturated carbocycles. The first-order valence-electron chi connectivity index (χ1n) is 9.59. The number of thiophene rings is 1. The molecule has 4 rings (SSSR count). The Morgan fingerprint density at radius 3 is 2.36 bits per heavy atom. The maximum atomic E-state index is 13.2. The second-order valence-electron chi connectivity index (χ2n) is 7.12. The van der Waals surface area contributed by atoms with Crippen molar-refractivity contribution in [3.63, 3.8) is 0 Å². The lowest BCUT2D eigenvalue weighted by molar-refractivity contribution is 0.0962. The van der Waals surface area contributed by atoms with Gasteiger partial charge in [-0.15, -0.1) is 11.3 Å². The molecule has 2 aromatic carbocycles. The van der Waals surface area contributed by atoms with E-state index in [0.717, 1.165) is 48.1 Å². The standard InChI is InChI=1S/C23H23ClN2OS/c24-19-10-8-18(9-11-19)17-25-14-12-21(13-15-25)26(20-5-2-1-3-6-20)23(27)22-7-4-16-28-22/h1-11,16,21H,12-15,17H2. The van der Waals surface area contributed by atoms with E-state index in [-0.39, 0.29) is 11.9 Å². The van der Waals surface area contributed by atoms with Crippen molar-refractivity contribution in [3.8, 4) is 0 Å². The van der Waals surface area contributed by atoms with Crippen molar-refractivity contribution in [3.05, 3.63) is 87.6 Å². The third-order valence-electron chi connectivity index (χ3n) is 5.23. The third-order valence-corrected chi connectivity index (χ3v) is 6.34. The Bertz CT molecular complexity index is 888. The highest BCUT2D eigenvalue weighted by atomic mass is 35.5. The van der Waals surface area contributed by atoms with E-state index in [2.05, 4.69) is 17.0 Å². The first-order chi connectivity index (χ1) is 13.7. The summed E-state index contributed by atoms with van der Waals surface area (Å²) in [6, 6.07) is 22.2. The molecule has 0 unspecified atom stereocenters. The molecule has 1 amide bonds. The lowest BCUT2D eigenvalue weighted by Gasteiger charge is -2.38. The summed E-state index contributed by atoms with van der Waals surface area (Å²) < 4.78 is 0. The maximum absolute atomic E-state index is 13.2. The van der Waals surface area contributed by atoms with Crippen LogP contribution in [0.1, 0.15) is 28.1 Å². The highest BCUT2D eigenvalue weighted by Gasteiger charge is 2.30. The smallest absolute Gasteiger partial charge is 0.268 e. The number of carbonyl (C=O) groups excluding carboxylic acids is 1. The number of carbonyl (C=O) groups is 1. The van der Waals surface area contributed by atoms with Gasteiger partial charge in [0.05, 0.1) is 4.88 Å². The first kappa shape index (κ1) is 19.2. The second-order valence-corrected chi connectivity index (χ2v) is 8.51. The fraction of sp³-hybridized carbons (Fsp3) is 0.261. The number of nitrogens with zero attached hydrogens (tertiary/aromatic N) is 2. The topological polar surface area (TPSA) is 23.6 Å². The van der Waals surface area contributed by atoms with Gasteiger partial charge >= 0.3 is 0 Å². The Labute approximate surface area is 175 Å². The Hall–Kier alpha value is -2.14. The van der Waals surface area contributed by atoms with Crippen LogP contribution in [0.3, 0.4) is 0 Å². The Morgan fingerprint density at radius 2 is 1.71 bits per heavy atom. The van der Waals surface area contributed by atoms with Gasteiger partial charge in [-0.1, -0.05) is 48.0 Å². The molecule has 5 heteroatoms. The molecule has 3 aromatic rings. The van der Waals surface area contributed by atoms with Crippen molar-refractivity contribution in [1.29, 1.82) is 0 Å². The maximum Gasteiger partial charge on any atom is 0.268 e. The lowest BCUT2D eigenvalue weighted by Crippen LogP contribution is -2.47. The van der Waals surface area contributed by atoms with Gasteiger partial charge < -0.3 is 4.90 Å². The van der Waals surface area contributed by atoms with Crippen molar-refractivity contribution in [2.24, 2.45) is 0 Å². The number of rotatable bonds is 5. The van der Waals surface area contributed by atoms with Gasteiger partial charge in [0.2, 0.25) is 0 Å². The normalized spacial score (nSPS) is 15.5. The predicted octanol–water partition coefficient (Wildman–Crippen LogP) is 5.71. The predicted molar refractivity (Wildman–Crippen MR) is 117 cm³/mol. The summed E-state index contributed by atoms with van der Waals surface area (Å²) in [5.74, 6) is 0.109. The summed E-state index contributed by atoms with van der Waals surface area (Å²) >= 11 is 7.50. The van der Waals surface area contributed by atoms with Gasteiger partial charge in [-0.25, -0.2) is 0 Å². The SMILES string of the molecule is O=C(c1cccs1)N(c1ccccc1)C1CCN(Cc2ccc(Cl)cc2)CC1. The first-order valence-corrected chi connectivity index (χ1v) is 10.9. The average Bonchev–Trinajstić information content (AvgIpc) is 3.27. The van der Waals surface area contributed by atoms with Crippen LogP contribution >= 0.6 is 22.9 Å². The zero-order valence-corrected chi connectivity index (χ0v) is 17.2. The van der Waals surface area contributed by atoms with Gasteiger partial charge in [-0.2, -0.15) is 0 Å². The van der Waals surface area contributed by atoms with Gasteiger partial charge in [0, 0.05) is 36.4 Å². The molecule has 1 saturated heterocycles. The number of anilines is 1. The molecule has 0 bridgehead atoms. The monoisotopic (exact) mass is 410 g/mol. The third kappa shape index (κ3) is 4.46. The fourth-order valence-electron chi connectivity index (χ4n) is 3.79. The summed E-state index contributed by atoms with van der Waals surface area (Å²) in [7, 11) is 0. The summed E-state index contributed by atoms with van der Waals surface area (Å²) in [5, 5.41) is 2.73. The molecule has 0 aliphatic carbocycles. The van der Waals surface area contributed by atoms with Crippen molar-refractivity contribution < 1.29 is 4.79 Å². The number of amides is 1. The van der Waals surface area contributed by atoms with Crippen LogP contribution in [0.4, 0.5) is 5.69 Å². The number of hydrogen-bond acceptors (Lipinski definition) is 3. The highest BCUT2D eigenvalue weighted by molar-refractivity contribution is 7.12. The summed E-state index contributed by atoms with van der Waals surface area (Å²) in [5.41, 5.74) is 2.26. The molecule has 144 valence electrons. The molecule has 0 radical (unpaired) electrons. The van der Waals surface area contributed by atoms with Crippen LogP contribution in [0, 0.1) is 0 Å². The Kier molecular flexibility index (Phi) is 6.10. The van der Waals surface area contributed by atoms with Crippen LogP contribution in [0.25, 0.3) is 0 Å². The minimum atomic E-state index is 0.109. The molecular formula is C23H23ClN2OS. The van der Waals surface area contributed by atoms with Crippen molar-refractivity contribution in [1.82, 2.24) is 4.90 Å². The van der Waals surface area contributed by atoms with E-state index < -0.39 is 0 Å². The summed E-state index contributed by atoms with van der Waals surface area (Å²) in [6.07, 6.45) is 1.94. The number of benzene rings is 2. The zero-order chi connectivity index (χ0) is 19.3. The van der Waals surface area contributed by atoms with Crippen LogP contribution in [0.5, 0.6) is 0 Å². The number of halogens is 1. The van der Waals surface area contributed by atoms with Crippen LogP contribution in [0.15, 0.2) is 72.1 Å². The van der Waals surface area contributed by atoms with Crippen molar-refractivity contribution in [2.45, 2.75) is 25.4 Å². The molecule has 1 aliphatic rings. The van der Waals surface area contributed by atoms with E-state index in [1.54, 1.807) is 0 Å². The van der Waals surface area contributed by atoms with E-state index in [1.165, 1.54) is 16.9 Å². The number of hydrogen-bond donors (Lipinski definition) is 0. The van der Waals surface area contributed by atoms with Crippen LogP contribution in [0.2, 0.25) is 5.02 Å². The highest BCUT2D eigenvalue weighted by Crippen LogP contribution is 2.27. The van der Waals surface area contributed by atoms with E-state index >= 15 is 0 Å². The molecule has 1 aromatic heterocycles. The molecule has 2 heterocycles. The minimum absolute atomic E-state index is 0.109. The average molecular weight is 411 g/mol. The molecule has 0 N–H and O–H groups in total. The zero-order valence-electron chi connectivity index (χ0n) is 15.6. The van der Waals surface area contributed by atoms with Gasteiger partial charge in [0.15, 0.2) is 0 Å². The van der Waals surface area contributed by atoms with Crippen LogP contribution in [-0.2, 0) is 6.54 Å². The Balaban J connectivity index is 1.46. The second kappa shape index (κ2) is 8.91. The van der Waals surface area contributed by atoms with Gasteiger partial charge in [0.1, 0.15) is 0 Å². The largest absolute Gasteiger partial charge is 0.305 e. The van der Waals surface area contributed by atoms with Crippen LogP contribution in [-0.4, -0.2) is 29.9 Å². The van der Waals surface area contributed by atoms with E-state index in [4.69, 9.17) is 11.6 Å². The van der Waals surface area contributed by atoms with Gasteiger partial charge in [0.25, 0.3) is 5.91 Å². The quantitative estimate of drug-likeness (QED) is 0.537. The van der Waals surface area contributed by atoms with Gasteiger partial charge in [-0.05, 0) is 54.1 Å². The lowest BCUT2D eigenvalue weighted by atomic mass is 10.0. The number of para-hydroxylation sites is 1. The molecule has 1 fully saturated rings. The fourth-order valence-corrected chi connectivity index (χ4v) is 4.57. The van der Waals surface area contributed by atoms with Gasteiger partial charge in [-0.3, -0.25) is 9.69 Å². The summed E-state index contributed by atoms with van der Waals surface area (Å²) in [6.45, 7) is 2.89. The molecule has 1 aliphatic heterocycles. The summed E-state index contributed by atoms with van der Waals surface area (Å²) in [4.78, 5) is 18.5. The van der Waals surface area contributed by atoms with E-state index in [1.807, 2.05) is 64.9 Å². The van der Waals surface area contributed by atoms with E-state index in [0.29, 0.717) is 0 Å². The van der Waals surface area contributed by atoms with Crippen molar-refractivity contribution in [2.75, 3.05) is 18.0 Å².